The minimum absolute atomic E-state index is 0.439. The lowest BCUT2D eigenvalue weighted by Crippen LogP contribution is -2.40. The number of hydrogen-bond donors (Lipinski definition) is 1. The second-order valence-electron chi connectivity index (χ2n) is 3.75. The summed E-state index contributed by atoms with van der Waals surface area (Å²) in [5, 5.41) is 3.37. The van der Waals surface area contributed by atoms with E-state index in [0.29, 0.717) is 19.3 Å². The molecule has 1 aromatic rings. The monoisotopic (exact) mass is 223 g/mol. The van der Waals surface area contributed by atoms with Crippen molar-refractivity contribution in [2.24, 2.45) is 0 Å². The van der Waals surface area contributed by atoms with Crippen LogP contribution in [0.1, 0.15) is 0 Å². The molecule has 1 aliphatic heterocycles. The Morgan fingerprint density at radius 1 is 1.38 bits per heavy atom. The number of ether oxygens (including phenoxy) is 3. The third-order valence-corrected chi connectivity index (χ3v) is 2.40. The van der Waals surface area contributed by atoms with E-state index in [2.05, 4.69) is 5.32 Å². The van der Waals surface area contributed by atoms with Crippen LogP contribution in [0.3, 0.4) is 0 Å². The van der Waals surface area contributed by atoms with Crippen molar-refractivity contribution >= 4 is 5.69 Å². The number of rotatable bonds is 6. The summed E-state index contributed by atoms with van der Waals surface area (Å²) in [5.41, 5.74) is 1.07. The largest absolute Gasteiger partial charge is 0.491 e. The summed E-state index contributed by atoms with van der Waals surface area (Å²) < 4.78 is 15.6. The molecule has 0 aliphatic carbocycles. The van der Waals surface area contributed by atoms with Crippen LogP contribution in [0.4, 0.5) is 5.69 Å². The van der Waals surface area contributed by atoms with E-state index in [4.69, 9.17) is 14.2 Å². The Hall–Kier alpha value is -1.26. The molecular weight excluding hydrogens is 206 g/mol. The minimum atomic E-state index is 0.439. The lowest BCUT2D eigenvalue weighted by atomic mass is 10.2. The summed E-state index contributed by atoms with van der Waals surface area (Å²) in [6, 6.07) is 8.38. The van der Waals surface area contributed by atoms with E-state index in [1.54, 1.807) is 7.11 Å². The van der Waals surface area contributed by atoms with Gasteiger partial charge in [-0.15, -0.1) is 0 Å². The van der Waals surface area contributed by atoms with Crippen molar-refractivity contribution in [1.82, 2.24) is 0 Å². The van der Waals surface area contributed by atoms with Crippen LogP contribution in [0.25, 0.3) is 0 Å². The molecule has 0 saturated carbocycles. The zero-order valence-electron chi connectivity index (χ0n) is 9.44. The molecule has 1 saturated heterocycles. The van der Waals surface area contributed by atoms with Crippen molar-refractivity contribution in [2.75, 3.05) is 38.9 Å². The second-order valence-corrected chi connectivity index (χ2v) is 3.75. The summed E-state index contributed by atoms with van der Waals surface area (Å²) in [5.74, 6) is 0.863. The summed E-state index contributed by atoms with van der Waals surface area (Å²) in [6.07, 6.45) is 0. The van der Waals surface area contributed by atoms with E-state index in [0.717, 1.165) is 24.7 Å². The Balaban J connectivity index is 1.85. The van der Waals surface area contributed by atoms with Gasteiger partial charge in [-0.3, -0.25) is 0 Å². The van der Waals surface area contributed by atoms with E-state index in [1.165, 1.54) is 0 Å². The molecule has 0 spiro atoms. The zero-order chi connectivity index (χ0) is 11.2. The van der Waals surface area contributed by atoms with Crippen LogP contribution in [-0.2, 0) is 9.47 Å². The first-order valence-corrected chi connectivity index (χ1v) is 5.44. The summed E-state index contributed by atoms with van der Waals surface area (Å²) in [6.45, 7) is 2.75. The van der Waals surface area contributed by atoms with E-state index >= 15 is 0 Å². The first kappa shape index (κ1) is 11.2. The Labute approximate surface area is 95.5 Å². The van der Waals surface area contributed by atoms with Gasteiger partial charge in [0.25, 0.3) is 0 Å². The van der Waals surface area contributed by atoms with Crippen LogP contribution < -0.4 is 10.1 Å². The van der Waals surface area contributed by atoms with Gasteiger partial charge in [-0.2, -0.15) is 0 Å². The van der Waals surface area contributed by atoms with Gasteiger partial charge in [-0.05, 0) is 12.1 Å². The fraction of sp³-hybridized carbons (Fsp3) is 0.500. The van der Waals surface area contributed by atoms with Crippen molar-refractivity contribution in [1.29, 1.82) is 0 Å². The van der Waals surface area contributed by atoms with Crippen LogP contribution in [-0.4, -0.2) is 39.6 Å². The van der Waals surface area contributed by atoms with E-state index in [9.17, 15) is 0 Å². The SMILES string of the molecule is COCCOc1cccc(NC2COC2)c1. The molecule has 1 fully saturated rings. The van der Waals surface area contributed by atoms with Gasteiger partial charge in [0.2, 0.25) is 0 Å². The molecule has 0 atom stereocenters. The Kier molecular flexibility index (Phi) is 4.02. The number of hydrogen-bond acceptors (Lipinski definition) is 4. The molecule has 0 aromatic heterocycles. The Morgan fingerprint density at radius 2 is 2.25 bits per heavy atom. The van der Waals surface area contributed by atoms with E-state index < -0.39 is 0 Å². The van der Waals surface area contributed by atoms with Gasteiger partial charge < -0.3 is 19.5 Å². The molecule has 88 valence electrons. The quantitative estimate of drug-likeness (QED) is 0.742. The summed E-state index contributed by atoms with van der Waals surface area (Å²) in [7, 11) is 1.66. The van der Waals surface area contributed by atoms with Gasteiger partial charge in [-0.1, -0.05) is 6.07 Å². The van der Waals surface area contributed by atoms with Gasteiger partial charge in [0.1, 0.15) is 12.4 Å². The first-order chi connectivity index (χ1) is 7.88. The molecule has 1 aromatic carbocycles. The van der Waals surface area contributed by atoms with Crippen LogP contribution in [0.5, 0.6) is 5.75 Å². The average Bonchev–Trinajstić information content (AvgIpc) is 2.25. The maximum atomic E-state index is 5.52. The molecular formula is C12H17NO3. The predicted octanol–water partition coefficient (Wildman–Crippen LogP) is 1.52. The van der Waals surface area contributed by atoms with E-state index in [-0.39, 0.29) is 0 Å². The predicted molar refractivity (Wildman–Crippen MR) is 62.0 cm³/mol. The highest BCUT2D eigenvalue weighted by molar-refractivity contribution is 5.49. The van der Waals surface area contributed by atoms with Crippen molar-refractivity contribution in [2.45, 2.75) is 6.04 Å². The zero-order valence-corrected chi connectivity index (χ0v) is 9.44. The normalized spacial score (nSPS) is 15.6. The molecule has 16 heavy (non-hydrogen) atoms. The number of methoxy groups -OCH3 is 1. The standard InChI is InChI=1S/C12H17NO3/c1-14-5-6-16-12-4-2-3-10(7-12)13-11-8-15-9-11/h2-4,7,11,13H,5-6,8-9H2,1H3. The summed E-state index contributed by atoms with van der Waals surface area (Å²) in [4.78, 5) is 0. The van der Waals surface area contributed by atoms with Gasteiger partial charge >= 0.3 is 0 Å². The van der Waals surface area contributed by atoms with Gasteiger partial charge in [-0.25, -0.2) is 0 Å². The maximum absolute atomic E-state index is 5.52. The van der Waals surface area contributed by atoms with Crippen molar-refractivity contribution in [3.63, 3.8) is 0 Å². The fourth-order valence-electron chi connectivity index (χ4n) is 1.47. The van der Waals surface area contributed by atoms with Crippen molar-refractivity contribution < 1.29 is 14.2 Å². The Morgan fingerprint density at radius 3 is 2.94 bits per heavy atom. The van der Waals surface area contributed by atoms with Crippen LogP contribution in [0.15, 0.2) is 24.3 Å². The molecule has 4 nitrogen and oxygen atoms in total. The van der Waals surface area contributed by atoms with E-state index in [1.807, 2.05) is 24.3 Å². The van der Waals surface area contributed by atoms with Gasteiger partial charge in [0.15, 0.2) is 0 Å². The maximum Gasteiger partial charge on any atom is 0.121 e. The smallest absolute Gasteiger partial charge is 0.121 e. The highest BCUT2D eigenvalue weighted by Gasteiger charge is 2.17. The minimum Gasteiger partial charge on any atom is -0.491 e. The van der Waals surface area contributed by atoms with Gasteiger partial charge in [0.05, 0.1) is 25.9 Å². The highest BCUT2D eigenvalue weighted by atomic mass is 16.5. The Bertz CT molecular complexity index is 326. The third-order valence-electron chi connectivity index (χ3n) is 2.40. The topological polar surface area (TPSA) is 39.7 Å². The molecule has 0 amide bonds. The molecule has 4 heteroatoms. The van der Waals surface area contributed by atoms with Gasteiger partial charge in [0, 0.05) is 18.9 Å². The fourth-order valence-corrected chi connectivity index (χ4v) is 1.47. The lowest BCUT2D eigenvalue weighted by molar-refractivity contribution is 0.0211. The average molecular weight is 223 g/mol. The number of benzene rings is 1. The third kappa shape index (κ3) is 3.12. The molecule has 0 bridgehead atoms. The highest BCUT2D eigenvalue weighted by Crippen LogP contribution is 2.19. The van der Waals surface area contributed by atoms with Crippen molar-refractivity contribution in [3.05, 3.63) is 24.3 Å². The first-order valence-electron chi connectivity index (χ1n) is 5.44. The second kappa shape index (κ2) is 5.72. The number of anilines is 1. The molecule has 2 rings (SSSR count). The molecule has 1 heterocycles. The van der Waals surface area contributed by atoms with Crippen LogP contribution in [0, 0.1) is 0 Å². The molecule has 0 radical (unpaired) electrons. The van der Waals surface area contributed by atoms with Crippen LogP contribution in [0.2, 0.25) is 0 Å². The van der Waals surface area contributed by atoms with Crippen LogP contribution >= 0.6 is 0 Å². The molecule has 1 aliphatic rings. The summed E-state index contributed by atoms with van der Waals surface area (Å²) >= 11 is 0. The number of nitrogens with one attached hydrogen (secondary N) is 1. The molecule has 1 N–H and O–H groups in total. The molecule has 0 unspecified atom stereocenters. The lowest BCUT2D eigenvalue weighted by Gasteiger charge is -2.27. The van der Waals surface area contributed by atoms with Crippen molar-refractivity contribution in [3.8, 4) is 5.75 Å².